The van der Waals surface area contributed by atoms with Crippen LogP contribution in [0.2, 0.25) is 0 Å². The van der Waals surface area contributed by atoms with Gasteiger partial charge >= 0.3 is 0 Å². The largest absolute Gasteiger partial charge is 0.363 e. The van der Waals surface area contributed by atoms with Crippen molar-refractivity contribution in [1.82, 2.24) is 20.0 Å². The Bertz CT molecular complexity index is 402. The van der Waals surface area contributed by atoms with Gasteiger partial charge in [0, 0.05) is 20.1 Å². The minimum absolute atomic E-state index is 0.216. The summed E-state index contributed by atoms with van der Waals surface area (Å²) in [4.78, 5) is 15.9. The molecule has 1 N–H and O–H groups in total. The van der Waals surface area contributed by atoms with E-state index in [2.05, 4.69) is 15.5 Å². The van der Waals surface area contributed by atoms with Crippen LogP contribution in [0.25, 0.3) is 0 Å². The minimum Gasteiger partial charge on any atom is -0.363 e. The van der Waals surface area contributed by atoms with E-state index in [1.54, 1.807) is 0 Å². The summed E-state index contributed by atoms with van der Waals surface area (Å²) in [5, 5.41) is 12.7. The highest BCUT2D eigenvalue weighted by atomic mass is 32.1. The Morgan fingerprint density at radius 3 is 2.78 bits per heavy atom. The molecule has 1 aromatic rings. The maximum Gasteiger partial charge on any atom is 0.236 e. The van der Waals surface area contributed by atoms with Gasteiger partial charge in [-0.2, -0.15) is 0 Å². The maximum atomic E-state index is 11.9. The Morgan fingerprint density at radius 2 is 2.17 bits per heavy atom. The van der Waals surface area contributed by atoms with Crippen molar-refractivity contribution in [1.29, 1.82) is 0 Å². The van der Waals surface area contributed by atoms with Crippen molar-refractivity contribution in [2.75, 3.05) is 39.0 Å². The van der Waals surface area contributed by atoms with E-state index >= 15 is 0 Å². The van der Waals surface area contributed by atoms with E-state index in [1.165, 1.54) is 11.3 Å². The van der Waals surface area contributed by atoms with Crippen LogP contribution in [0.3, 0.4) is 0 Å². The van der Waals surface area contributed by atoms with Gasteiger partial charge in [-0.05, 0) is 19.9 Å². The highest BCUT2D eigenvalue weighted by molar-refractivity contribution is 7.15. The first-order chi connectivity index (χ1) is 8.69. The quantitative estimate of drug-likeness (QED) is 0.849. The lowest BCUT2D eigenvalue weighted by molar-refractivity contribution is -0.131. The van der Waals surface area contributed by atoms with Crippen LogP contribution in [-0.4, -0.2) is 59.6 Å². The van der Waals surface area contributed by atoms with Crippen LogP contribution < -0.4 is 5.32 Å². The van der Waals surface area contributed by atoms with Gasteiger partial charge in [-0.25, -0.2) is 0 Å². The molecule has 2 heterocycles. The van der Waals surface area contributed by atoms with Gasteiger partial charge in [0.1, 0.15) is 5.01 Å². The summed E-state index contributed by atoms with van der Waals surface area (Å²) in [7, 11) is 3.76. The van der Waals surface area contributed by atoms with Crippen LogP contribution in [0.1, 0.15) is 17.8 Å². The van der Waals surface area contributed by atoms with Crippen molar-refractivity contribution in [3.05, 3.63) is 5.01 Å². The molecular weight excluding hydrogens is 250 g/mol. The number of carbonyl (C=O) groups is 1. The van der Waals surface area contributed by atoms with Crippen LogP contribution in [0.4, 0.5) is 5.13 Å². The molecule has 1 saturated heterocycles. The molecule has 0 spiro atoms. The molecule has 1 fully saturated rings. The van der Waals surface area contributed by atoms with Crippen LogP contribution >= 0.6 is 11.3 Å². The zero-order valence-electron chi connectivity index (χ0n) is 10.8. The Labute approximate surface area is 111 Å². The predicted octanol–water partition coefficient (Wildman–Crippen LogP) is 0.634. The van der Waals surface area contributed by atoms with E-state index in [0.29, 0.717) is 13.1 Å². The van der Waals surface area contributed by atoms with Gasteiger partial charge < -0.3 is 10.2 Å². The zero-order chi connectivity index (χ0) is 13.0. The van der Waals surface area contributed by atoms with Gasteiger partial charge in [-0.3, -0.25) is 9.69 Å². The SMILES string of the molecule is CNc1nnc(CN(C)CC(=O)N2CCCC2)s1. The summed E-state index contributed by atoms with van der Waals surface area (Å²) in [5.41, 5.74) is 0. The molecule has 1 aromatic heterocycles. The van der Waals surface area contributed by atoms with Gasteiger partial charge in [0.15, 0.2) is 0 Å². The van der Waals surface area contributed by atoms with Crippen LogP contribution in [0, 0.1) is 0 Å². The minimum atomic E-state index is 0.216. The molecule has 2 rings (SSSR count). The Balaban J connectivity index is 1.80. The average Bonchev–Trinajstić information content (AvgIpc) is 2.98. The first-order valence-electron chi connectivity index (χ1n) is 6.15. The van der Waals surface area contributed by atoms with Gasteiger partial charge in [0.25, 0.3) is 0 Å². The molecule has 0 aromatic carbocycles. The molecule has 0 saturated carbocycles. The fourth-order valence-corrected chi connectivity index (χ4v) is 2.78. The van der Waals surface area contributed by atoms with Crippen molar-refractivity contribution in [2.24, 2.45) is 0 Å². The van der Waals surface area contributed by atoms with Crippen LogP contribution in [0.5, 0.6) is 0 Å². The van der Waals surface area contributed by atoms with Crippen LogP contribution in [-0.2, 0) is 11.3 Å². The van der Waals surface area contributed by atoms with E-state index in [1.807, 2.05) is 23.9 Å². The molecule has 0 unspecified atom stereocenters. The normalized spacial score (nSPS) is 15.4. The van der Waals surface area contributed by atoms with Gasteiger partial charge in [-0.15, -0.1) is 10.2 Å². The van der Waals surface area contributed by atoms with Crippen molar-refractivity contribution in [2.45, 2.75) is 19.4 Å². The molecule has 0 atom stereocenters. The topological polar surface area (TPSA) is 61.4 Å². The number of rotatable bonds is 5. The predicted molar refractivity (Wildman–Crippen MR) is 71.6 cm³/mol. The number of aromatic nitrogens is 2. The fraction of sp³-hybridized carbons (Fsp3) is 0.727. The van der Waals surface area contributed by atoms with Crippen molar-refractivity contribution in [3.8, 4) is 0 Å². The number of likely N-dealkylation sites (N-methyl/N-ethyl adjacent to an activating group) is 1. The van der Waals surface area contributed by atoms with Gasteiger partial charge in [0.2, 0.25) is 11.0 Å². The number of nitrogens with one attached hydrogen (secondary N) is 1. The highest BCUT2D eigenvalue weighted by Crippen LogP contribution is 2.15. The summed E-state index contributed by atoms with van der Waals surface area (Å²) in [6.07, 6.45) is 2.27. The second-order valence-electron chi connectivity index (χ2n) is 4.51. The smallest absolute Gasteiger partial charge is 0.236 e. The first kappa shape index (κ1) is 13.2. The van der Waals surface area contributed by atoms with E-state index in [4.69, 9.17) is 0 Å². The fourth-order valence-electron chi connectivity index (χ4n) is 2.00. The Kier molecular flexibility index (Phi) is 4.48. The molecule has 18 heavy (non-hydrogen) atoms. The average molecular weight is 269 g/mol. The molecule has 6 nitrogen and oxygen atoms in total. The molecule has 0 bridgehead atoms. The highest BCUT2D eigenvalue weighted by Gasteiger charge is 2.19. The second-order valence-corrected chi connectivity index (χ2v) is 5.57. The third kappa shape index (κ3) is 3.39. The number of nitrogens with zero attached hydrogens (tertiary/aromatic N) is 4. The van der Waals surface area contributed by atoms with E-state index in [9.17, 15) is 4.79 Å². The molecule has 0 aliphatic carbocycles. The third-order valence-electron chi connectivity index (χ3n) is 2.95. The lowest BCUT2D eigenvalue weighted by Crippen LogP contribution is -2.36. The summed E-state index contributed by atoms with van der Waals surface area (Å²) in [5.74, 6) is 0.216. The second kappa shape index (κ2) is 6.10. The molecular formula is C11H19N5OS. The summed E-state index contributed by atoms with van der Waals surface area (Å²) in [6.45, 7) is 2.94. The number of hydrogen-bond donors (Lipinski definition) is 1. The number of carbonyl (C=O) groups excluding carboxylic acids is 1. The molecule has 1 amide bonds. The van der Waals surface area contributed by atoms with E-state index < -0.39 is 0 Å². The number of amides is 1. The summed E-state index contributed by atoms with van der Waals surface area (Å²) < 4.78 is 0. The van der Waals surface area contributed by atoms with Crippen molar-refractivity contribution >= 4 is 22.4 Å². The van der Waals surface area contributed by atoms with Crippen molar-refractivity contribution in [3.63, 3.8) is 0 Å². The molecule has 1 aliphatic rings. The van der Waals surface area contributed by atoms with E-state index in [-0.39, 0.29) is 5.91 Å². The number of hydrogen-bond acceptors (Lipinski definition) is 6. The first-order valence-corrected chi connectivity index (χ1v) is 6.97. The zero-order valence-corrected chi connectivity index (χ0v) is 11.7. The number of likely N-dealkylation sites (tertiary alicyclic amines) is 1. The van der Waals surface area contributed by atoms with Gasteiger partial charge in [0.05, 0.1) is 13.1 Å². The standard InChI is InChI=1S/C11H19N5OS/c1-12-11-14-13-9(18-11)7-15(2)8-10(17)16-5-3-4-6-16/h3-8H2,1-2H3,(H,12,14). The van der Waals surface area contributed by atoms with E-state index in [0.717, 1.165) is 36.1 Å². The third-order valence-corrected chi connectivity index (χ3v) is 3.88. The maximum absolute atomic E-state index is 11.9. The summed E-state index contributed by atoms with van der Waals surface area (Å²) >= 11 is 1.52. The Hall–Kier alpha value is -1.21. The monoisotopic (exact) mass is 269 g/mol. The number of anilines is 1. The van der Waals surface area contributed by atoms with Gasteiger partial charge in [-0.1, -0.05) is 11.3 Å². The van der Waals surface area contributed by atoms with Crippen LogP contribution in [0.15, 0.2) is 0 Å². The molecule has 100 valence electrons. The Morgan fingerprint density at radius 1 is 1.44 bits per heavy atom. The molecule has 0 radical (unpaired) electrons. The molecule has 7 heteroatoms. The molecule has 1 aliphatic heterocycles. The lowest BCUT2D eigenvalue weighted by Gasteiger charge is -2.20. The lowest BCUT2D eigenvalue weighted by atomic mass is 10.4. The summed E-state index contributed by atoms with van der Waals surface area (Å²) in [6, 6.07) is 0. The van der Waals surface area contributed by atoms with Crippen molar-refractivity contribution < 1.29 is 4.79 Å².